The summed E-state index contributed by atoms with van der Waals surface area (Å²) in [6, 6.07) is 12.4. The minimum atomic E-state index is -0.428. The smallest absolute Gasteiger partial charge is 0.224 e. The third kappa shape index (κ3) is 4.05. The molecule has 4 heteroatoms. The molecule has 2 aromatic rings. The van der Waals surface area contributed by atoms with E-state index in [4.69, 9.17) is 4.74 Å². The van der Waals surface area contributed by atoms with E-state index in [1.165, 1.54) is 13.2 Å². The van der Waals surface area contributed by atoms with Crippen molar-refractivity contribution in [3.05, 3.63) is 65.0 Å². The van der Waals surface area contributed by atoms with E-state index in [1.54, 1.807) is 12.1 Å². The van der Waals surface area contributed by atoms with E-state index in [0.717, 1.165) is 11.1 Å². The van der Waals surface area contributed by atoms with Gasteiger partial charge in [0.2, 0.25) is 5.91 Å². The number of ether oxygens (including phenoxy) is 1. The molecular weight excluding hydrogens is 269 g/mol. The highest BCUT2D eigenvalue weighted by atomic mass is 19.1. The van der Waals surface area contributed by atoms with Crippen molar-refractivity contribution in [3.8, 4) is 5.75 Å². The minimum absolute atomic E-state index is 0.0828. The summed E-state index contributed by atoms with van der Waals surface area (Å²) in [6.07, 6.45) is 0.325. The normalized spacial score (nSPS) is 10.2. The van der Waals surface area contributed by atoms with Crippen LogP contribution in [-0.2, 0) is 17.8 Å². The Bertz CT molecular complexity index is 640. The summed E-state index contributed by atoms with van der Waals surface area (Å²) in [5.41, 5.74) is 2.78. The van der Waals surface area contributed by atoms with Gasteiger partial charge in [-0.05, 0) is 35.7 Å². The van der Waals surface area contributed by atoms with E-state index in [9.17, 15) is 9.18 Å². The van der Waals surface area contributed by atoms with Crippen LogP contribution < -0.4 is 10.1 Å². The molecule has 0 bridgehead atoms. The molecule has 0 heterocycles. The van der Waals surface area contributed by atoms with Crippen molar-refractivity contribution in [2.24, 2.45) is 0 Å². The molecular formula is C17H18FNO2. The van der Waals surface area contributed by atoms with Crippen LogP contribution in [0.5, 0.6) is 5.75 Å². The molecule has 2 rings (SSSR count). The van der Waals surface area contributed by atoms with Gasteiger partial charge in [-0.25, -0.2) is 4.39 Å². The number of hydrogen-bond donors (Lipinski definition) is 1. The quantitative estimate of drug-likeness (QED) is 0.918. The number of amides is 1. The third-order valence-corrected chi connectivity index (χ3v) is 3.32. The second-order valence-corrected chi connectivity index (χ2v) is 4.85. The molecule has 0 atom stereocenters. The predicted molar refractivity (Wildman–Crippen MR) is 79.7 cm³/mol. The monoisotopic (exact) mass is 287 g/mol. The van der Waals surface area contributed by atoms with Gasteiger partial charge in [-0.3, -0.25) is 4.79 Å². The molecule has 21 heavy (non-hydrogen) atoms. The van der Waals surface area contributed by atoms with Crippen LogP contribution in [0.3, 0.4) is 0 Å². The van der Waals surface area contributed by atoms with Crippen LogP contribution in [0.15, 0.2) is 42.5 Å². The molecule has 1 N–H and O–H groups in total. The second-order valence-electron chi connectivity index (χ2n) is 4.85. The van der Waals surface area contributed by atoms with Crippen molar-refractivity contribution in [1.29, 1.82) is 0 Å². The van der Waals surface area contributed by atoms with Crippen molar-refractivity contribution >= 4 is 5.91 Å². The molecule has 3 nitrogen and oxygen atoms in total. The number of rotatable bonds is 5. The van der Waals surface area contributed by atoms with Crippen molar-refractivity contribution in [3.63, 3.8) is 0 Å². The average molecular weight is 287 g/mol. The first-order valence-corrected chi connectivity index (χ1v) is 6.74. The van der Waals surface area contributed by atoms with Gasteiger partial charge in [0.15, 0.2) is 11.6 Å². The number of halogens is 1. The zero-order chi connectivity index (χ0) is 15.2. The lowest BCUT2D eigenvalue weighted by Crippen LogP contribution is -2.24. The van der Waals surface area contributed by atoms with E-state index in [-0.39, 0.29) is 11.7 Å². The Morgan fingerprint density at radius 3 is 2.67 bits per heavy atom. The van der Waals surface area contributed by atoms with Crippen LogP contribution in [0.2, 0.25) is 0 Å². The van der Waals surface area contributed by atoms with E-state index in [2.05, 4.69) is 5.32 Å². The maximum atomic E-state index is 13.5. The molecule has 110 valence electrons. The minimum Gasteiger partial charge on any atom is -0.494 e. The highest BCUT2D eigenvalue weighted by molar-refractivity contribution is 5.78. The van der Waals surface area contributed by atoms with Gasteiger partial charge >= 0.3 is 0 Å². The molecule has 0 fully saturated rings. The second kappa shape index (κ2) is 6.88. The Hall–Kier alpha value is -2.36. The Kier molecular flexibility index (Phi) is 4.93. The molecule has 0 aliphatic carbocycles. The van der Waals surface area contributed by atoms with Crippen molar-refractivity contribution in [2.45, 2.75) is 19.9 Å². The summed E-state index contributed by atoms with van der Waals surface area (Å²) in [5, 5.41) is 2.79. The molecule has 2 aromatic carbocycles. The van der Waals surface area contributed by atoms with Gasteiger partial charge in [-0.1, -0.05) is 30.3 Å². The third-order valence-electron chi connectivity index (χ3n) is 3.32. The van der Waals surface area contributed by atoms with Gasteiger partial charge in [0.05, 0.1) is 13.5 Å². The number of carbonyl (C=O) groups excluding carboxylic acids is 1. The lowest BCUT2D eigenvalue weighted by molar-refractivity contribution is -0.120. The number of nitrogens with one attached hydrogen (secondary N) is 1. The van der Waals surface area contributed by atoms with Crippen molar-refractivity contribution in [1.82, 2.24) is 5.32 Å². The topological polar surface area (TPSA) is 38.3 Å². The van der Waals surface area contributed by atoms with Gasteiger partial charge in [-0.2, -0.15) is 0 Å². The average Bonchev–Trinajstić information content (AvgIpc) is 2.48. The molecule has 0 spiro atoms. The maximum Gasteiger partial charge on any atom is 0.224 e. The summed E-state index contributed by atoms with van der Waals surface area (Å²) in [7, 11) is 1.42. The molecule has 0 saturated carbocycles. The van der Waals surface area contributed by atoms with Crippen LogP contribution in [-0.4, -0.2) is 13.0 Å². The zero-order valence-corrected chi connectivity index (χ0v) is 12.2. The van der Waals surface area contributed by atoms with Crippen LogP contribution in [0.25, 0.3) is 0 Å². The van der Waals surface area contributed by atoms with E-state index in [1.807, 2.05) is 31.2 Å². The van der Waals surface area contributed by atoms with Gasteiger partial charge in [-0.15, -0.1) is 0 Å². The number of aryl methyl sites for hydroxylation is 1. The first-order chi connectivity index (χ1) is 10.1. The molecule has 0 aliphatic heterocycles. The lowest BCUT2D eigenvalue weighted by Gasteiger charge is -2.08. The summed E-state index contributed by atoms with van der Waals surface area (Å²) in [4.78, 5) is 11.9. The number of carbonyl (C=O) groups is 1. The standard InChI is InChI=1S/C17H18FNO2/c1-12-5-3-4-6-14(12)10-17(20)19-11-13-7-8-16(21-2)15(18)9-13/h3-9H,10-11H2,1-2H3,(H,19,20). The molecule has 0 aliphatic rings. The van der Waals surface area contributed by atoms with Crippen LogP contribution in [0, 0.1) is 12.7 Å². The Morgan fingerprint density at radius 1 is 1.24 bits per heavy atom. The van der Waals surface area contributed by atoms with Crippen molar-refractivity contribution < 1.29 is 13.9 Å². The van der Waals surface area contributed by atoms with E-state index < -0.39 is 5.82 Å². The fraction of sp³-hybridized carbons (Fsp3) is 0.235. The fourth-order valence-corrected chi connectivity index (χ4v) is 2.06. The van der Waals surface area contributed by atoms with Gasteiger partial charge in [0.25, 0.3) is 0 Å². The largest absolute Gasteiger partial charge is 0.494 e. The highest BCUT2D eigenvalue weighted by Crippen LogP contribution is 2.17. The van der Waals surface area contributed by atoms with Gasteiger partial charge in [0, 0.05) is 6.54 Å². The lowest BCUT2D eigenvalue weighted by atomic mass is 10.1. The molecule has 0 unspecified atom stereocenters. The zero-order valence-electron chi connectivity index (χ0n) is 12.2. The Morgan fingerprint density at radius 2 is 2.00 bits per heavy atom. The fourth-order valence-electron chi connectivity index (χ4n) is 2.06. The highest BCUT2D eigenvalue weighted by Gasteiger charge is 2.07. The van der Waals surface area contributed by atoms with Crippen LogP contribution >= 0.6 is 0 Å². The number of benzene rings is 2. The van der Waals surface area contributed by atoms with E-state index in [0.29, 0.717) is 18.5 Å². The van der Waals surface area contributed by atoms with Gasteiger partial charge < -0.3 is 10.1 Å². The number of hydrogen-bond acceptors (Lipinski definition) is 2. The Labute approximate surface area is 123 Å². The molecule has 1 amide bonds. The predicted octanol–water partition coefficient (Wildman–Crippen LogP) is 3.00. The first-order valence-electron chi connectivity index (χ1n) is 6.74. The summed E-state index contributed by atoms with van der Waals surface area (Å²) >= 11 is 0. The van der Waals surface area contributed by atoms with Gasteiger partial charge in [0.1, 0.15) is 0 Å². The summed E-state index contributed by atoms with van der Waals surface area (Å²) in [5.74, 6) is -0.311. The first kappa shape index (κ1) is 15.0. The maximum absolute atomic E-state index is 13.5. The molecule has 0 aromatic heterocycles. The summed E-state index contributed by atoms with van der Waals surface area (Å²) in [6.45, 7) is 2.27. The number of methoxy groups -OCH3 is 1. The van der Waals surface area contributed by atoms with Crippen LogP contribution in [0.1, 0.15) is 16.7 Å². The SMILES string of the molecule is COc1ccc(CNC(=O)Cc2ccccc2C)cc1F. The van der Waals surface area contributed by atoms with Crippen LogP contribution in [0.4, 0.5) is 4.39 Å². The van der Waals surface area contributed by atoms with E-state index >= 15 is 0 Å². The van der Waals surface area contributed by atoms with Crippen molar-refractivity contribution in [2.75, 3.05) is 7.11 Å². The Balaban J connectivity index is 1.92. The molecule has 0 radical (unpaired) electrons. The summed E-state index contributed by atoms with van der Waals surface area (Å²) < 4.78 is 18.4. The molecule has 0 saturated heterocycles.